The topological polar surface area (TPSA) is 84.6 Å². The minimum Gasteiger partial charge on any atom is -0.493 e. The predicted octanol–water partition coefficient (Wildman–Crippen LogP) is 3.74. The molecule has 1 aliphatic heterocycles. The van der Waals surface area contributed by atoms with Crippen LogP contribution in [0.15, 0.2) is 42.5 Å². The molecule has 184 valence electrons. The number of hydrogen-bond donors (Lipinski definition) is 1. The summed E-state index contributed by atoms with van der Waals surface area (Å²) in [5, 5.41) is 15.6. The van der Waals surface area contributed by atoms with Gasteiger partial charge in [-0.05, 0) is 36.8 Å². The molecule has 0 bridgehead atoms. The highest BCUT2D eigenvalue weighted by Crippen LogP contribution is 2.45. The van der Waals surface area contributed by atoms with E-state index >= 15 is 0 Å². The Morgan fingerprint density at radius 2 is 1.60 bits per heavy atom. The summed E-state index contributed by atoms with van der Waals surface area (Å²) in [6.45, 7) is 5.17. The van der Waals surface area contributed by atoms with Crippen molar-refractivity contribution in [1.29, 1.82) is 0 Å². The summed E-state index contributed by atoms with van der Waals surface area (Å²) < 4.78 is 18.3. The fourth-order valence-corrected chi connectivity index (χ4v) is 5.85. The zero-order chi connectivity index (χ0) is 24.5. The summed E-state index contributed by atoms with van der Waals surface area (Å²) in [6, 6.07) is 14.1. The lowest BCUT2D eigenvalue weighted by Crippen LogP contribution is -2.47. The largest absolute Gasteiger partial charge is 0.493 e. The zero-order valence-electron chi connectivity index (χ0n) is 20.3. The smallest absolute Gasteiger partial charge is 0.230 e. The van der Waals surface area contributed by atoms with Gasteiger partial charge in [-0.25, -0.2) is 4.98 Å². The fourth-order valence-electron chi connectivity index (χ4n) is 4.69. The molecule has 1 aliphatic rings. The lowest BCUT2D eigenvalue weighted by atomic mass is 10.0. The molecule has 0 aliphatic carbocycles. The molecule has 1 fully saturated rings. The van der Waals surface area contributed by atoms with Gasteiger partial charge in [-0.1, -0.05) is 29.5 Å². The van der Waals surface area contributed by atoms with Crippen LogP contribution in [0.25, 0.3) is 4.96 Å². The van der Waals surface area contributed by atoms with Gasteiger partial charge < -0.3 is 24.2 Å². The Morgan fingerprint density at radius 3 is 2.17 bits per heavy atom. The van der Waals surface area contributed by atoms with Crippen LogP contribution in [0.5, 0.6) is 23.1 Å². The van der Waals surface area contributed by atoms with E-state index in [1.54, 1.807) is 21.3 Å². The number of fused-ring (bicyclic) bond motifs is 1. The van der Waals surface area contributed by atoms with Gasteiger partial charge in [0.2, 0.25) is 16.6 Å². The van der Waals surface area contributed by atoms with Crippen molar-refractivity contribution in [3.05, 3.63) is 58.7 Å². The number of piperazine rings is 1. The van der Waals surface area contributed by atoms with Gasteiger partial charge in [0, 0.05) is 31.9 Å². The second-order valence-electron chi connectivity index (χ2n) is 8.36. The molecule has 0 saturated carbocycles. The molecule has 9 nitrogen and oxygen atoms in total. The van der Waals surface area contributed by atoms with Gasteiger partial charge >= 0.3 is 0 Å². The maximum Gasteiger partial charge on any atom is 0.230 e. The number of para-hydroxylation sites is 1. The Balaban J connectivity index is 1.56. The number of methoxy groups -OCH3 is 3. The summed E-state index contributed by atoms with van der Waals surface area (Å²) in [6.07, 6.45) is 0. The molecule has 1 saturated heterocycles. The monoisotopic (exact) mass is 495 g/mol. The summed E-state index contributed by atoms with van der Waals surface area (Å²) in [5.41, 5.74) is 2.15. The molecule has 0 spiro atoms. The molecule has 10 heteroatoms. The lowest BCUT2D eigenvalue weighted by Gasteiger charge is -2.40. The fraction of sp³-hybridized carbons (Fsp3) is 0.360. The molecule has 4 aromatic rings. The number of aromatic nitrogens is 3. The number of benzene rings is 2. The molecule has 2 aromatic carbocycles. The lowest BCUT2D eigenvalue weighted by molar-refractivity contribution is 0.210. The first-order chi connectivity index (χ1) is 17.0. The number of nitrogens with zero attached hydrogens (tertiary/aromatic N) is 5. The average molecular weight is 496 g/mol. The van der Waals surface area contributed by atoms with Crippen molar-refractivity contribution < 1.29 is 19.3 Å². The average Bonchev–Trinajstić information content (AvgIpc) is 3.41. The van der Waals surface area contributed by atoms with Gasteiger partial charge in [0.1, 0.15) is 5.82 Å². The molecular weight excluding hydrogens is 466 g/mol. The molecule has 0 unspecified atom stereocenters. The standard InChI is InChI=1S/C25H29N5O4S/c1-16-26-25-30(27-16)24(31)23(35-25)21(17-14-19(32-2)22(34-4)20(15-17)33-3)29-12-10-28(11-13-29)18-8-6-5-7-9-18/h5-9,14-15,21,31H,10-13H2,1-4H3/t21-/m1/s1. The van der Waals surface area contributed by atoms with E-state index in [1.807, 2.05) is 25.1 Å². The molecular formula is C25H29N5O4S. The van der Waals surface area contributed by atoms with Crippen molar-refractivity contribution in [3.63, 3.8) is 0 Å². The normalized spacial score (nSPS) is 15.4. The molecule has 35 heavy (non-hydrogen) atoms. The van der Waals surface area contributed by atoms with Gasteiger partial charge in [-0.3, -0.25) is 4.90 Å². The third kappa shape index (κ3) is 4.23. The molecule has 1 atom stereocenters. The molecule has 3 heterocycles. The molecule has 5 rings (SSSR count). The van der Waals surface area contributed by atoms with E-state index in [2.05, 4.69) is 44.1 Å². The van der Waals surface area contributed by atoms with Crippen molar-refractivity contribution >= 4 is 22.0 Å². The molecule has 2 aromatic heterocycles. The number of rotatable bonds is 7. The van der Waals surface area contributed by atoms with Crippen LogP contribution in [0.4, 0.5) is 5.69 Å². The zero-order valence-corrected chi connectivity index (χ0v) is 21.1. The van der Waals surface area contributed by atoms with Crippen molar-refractivity contribution in [1.82, 2.24) is 19.5 Å². The minimum absolute atomic E-state index is 0.106. The summed E-state index contributed by atoms with van der Waals surface area (Å²) in [7, 11) is 4.81. The van der Waals surface area contributed by atoms with Crippen molar-refractivity contribution in [2.45, 2.75) is 13.0 Å². The van der Waals surface area contributed by atoms with Crippen molar-refractivity contribution in [2.24, 2.45) is 0 Å². The van der Waals surface area contributed by atoms with Crippen LogP contribution in [0.1, 0.15) is 22.3 Å². The van der Waals surface area contributed by atoms with Gasteiger partial charge in [-0.2, -0.15) is 4.52 Å². The molecule has 0 radical (unpaired) electrons. The summed E-state index contributed by atoms with van der Waals surface area (Å²) in [5.74, 6) is 2.41. The Labute approximate surface area is 208 Å². The Kier molecular flexibility index (Phi) is 6.40. The number of aryl methyl sites for hydroxylation is 1. The van der Waals surface area contributed by atoms with Crippen LogP contribution in [0, 0.1) is 6.92 Å². The summed E-state index contributed by atoms with van der Waals surface area (Å²) >= 11 is 1.45. The van der Waals surface area contributed by atoms with E-state index in [0.29, 0.717) is 28.0 Å². The van der Waals surface area contributed by atoms with E-state index in [0.717, 1.165) is 36.6 Å². The highest BCUT2D eigenvalue weighted by Gasteiger charge is 2.33. The van der Waals surface area contributed by atoms with Gasteiger partial charge in [0.15, 0.2) is 11.5 Å². The van der Waals surface area contributed by atoms with Gasteiger partial charge in [0.05, 0.1) is 32.2 Å². The predicted molar refractivity (Wildman–Crippen MR) is 135 cm³/mol. The Bertz CT molecular complexity index is 1290. The van der Waals surface area contributed by atoms with Crippen molar-refractivity contribution in [3.8, 4) is 23.1 Å². The van der Waals surface area contributed by atoms with Crippen LogP contribution in [-0.4, -0.2) is 72.1 Å². The Hall–Kier alpha value is -3.50. The highest BCUT2D eigenvalue weighted by molar-refractivity contribution is 7.17. The van der Waals surface area contributed by atoms with E-state index < -0.39 is 0 Å². The minimum atomic E-state index is -0.240. The maximum absolute atomic E-state index is 11.2. The van der Waals surface area contributed by atoms with E-state index in [4.69, 9.17) is 14.2 Å². The van der Waals surface area contributed by atoms with Crippen LogP contribution in [0.2, 0.25) is 0 Å². The second kappa shape index (κ2) is 9.63. The van der Waals surface area contributed by atoms with E-state index in [-0.39, 0.29) is 11.9 Å². The van der Waals surface area contributed by atoms with Crippen LogP contribution in [0.3, 0.4) is 0 Å². The first-order valence-electron chi connectivity index (χ1n) is 11.4. The van der Waals surface area contributed by atoms with E-state index in [1.165, 1.54) is 21.5 Å². The second-order valence-corrected chi connectivity index (χ2v) is 9.37. The SMILES string of the molecule is COc1cc([C@H](c2sc3nc(C)nn3c2O)N2CCN(c3ccccc3)CC2)cc(OC)c1OC. The Morgan fingerprint density at radius 1 is 0.943 bits per heavy atom. The van der Waals surface area contributed by atoms with E-state index in [9.17, 15) is 5.11 Å². The number of aromatic hydroxyl groups is 1. The van der Waals surface area contributed by atoms with Crippen LogP contribution >= 0.6 is 11.3 Å². The number of ether oxygens (including phenoxy) is 3. The maximum atomic E-state index is 11.2. The van der Waals surface area contributed by atoms with Gasteiger partial charge in [-0.15, -0.1) is 5.10 Å². The summed E-state index contributed by atoms with van der Waals surface area (Å²) in [4.78, 5) is 10.7. The molecule has 0 amide bonds. The van der Waals surface area contributed by atoms with Crippen molar-refractivity contribution in [2.75, 3.05) is 52.4 Å². The van der Waals surface area contributed by atoms with Gasteiger partial charge in [0.25, 0.3) is 0 Å². The first-order valence-corrected chi connectivity index (χ1v) is 12.2. The van der Waals surface area contributed by atoms with Crippen LogP contribution < -0.4 is 19.1 Å². The number of hydrogen-bond acceptors (Lipinski definition) is 9. The van der Waals surface area contributed by atoms with Crippen LogP contribution in [-0.2, 0) is 0 Å². The quantitative estimate of drug-likeness (QED) is 0.415. The highest BCUT2D eigenvalue weighted by atomic mass is 32.1. The third-order valence-electron chi connectivity index (χ3n) is 6.36. The third-order valence-corrected chi connectivity index (χ3v) is 7.43. The molecule has 1 N–H and O–H groups in total. The number of thiazole rings is 1. The first kappa shape index (κ1) is 23.3. The number of anilines is 1.